The van der Waals surface area contributed by atoms with Gasteiger partial charge in [-0.15, -0.1) is 5.10 Å². The number of unbranched alkanes of at least 4 members (excludes halogenated alkanes) is 1. The lowest BCUT2D eigenvalue weighted by molar-refractivity contribution is 0.100. The molecule has 0 spiro atoms. The maximum Gasteiger partial charge on any atom is 0.248 e. The number of carbonyl (C=O) groups excluding carboxylic acids is 1. The molecule has 0 fully saturated rings. The number of hydrogen-bond donors (Lipinski definition) is 1. The molecule has 18 heavy (non-hydrogen) atoms. The fourth-order valence-electron chi connectivity index (χ4n) is 1.79. The van der Waals surface area contributed by atoms with E-state index in [0.717, 1.165) is 25.8 Å². The van der Waals surface area contributed by atoms with Gasteiger partial charge in [-0.05, 0) is 37.0 Å². The second-order valence-corrected chi connectivity index (χ2v) is 4.18. The molecule has 0 bridgehead atoms. The van der Waals surface area contributed by atoms with E-state index in [0.29, 0.717) is 5.56 Å². The Morgan fingerprint density at radius 1 is 1.22 bits per heavy atom. The third-order valence-corrected chi connectivity index (χ3v) is 2.81. The van der Waals surface area contributed by atoms with Crippen molar-refractivity contribution in [2.75, 3.05) is 0 Å². The minimum absolute atomic E-state index is 0.382. The summed E-state index contributed by atoms with van der Waals surface area (Å²) in [7, 11) is 0. The molecule has 0 aliphatic heterocycles. The minimum Gasteiger partial charge on any atom is -0.366 e. The number of benzene rings is 1. The fourth-order valence-corrected chi connectivity index (χ4v) is 1.79. The summed E-state index contributed by atoms with van der Waals surface area (Å²) in [6.45, 7) is 0.888. The summed E-state index contributed by atoms with van der Waals surface area (Å²) in [5, 5.41) is 7.66. The van der Waals surface area contributed by atoms with Crippen LogP contribution in [0.1, 0.15) is 28.8 Å². The quantitative estimate of drug-likeness (QED) is 0.780. The lowest BCUT2D eigenvalue weighted by Crippen LogP contribution is -2.10. The zero-order chi connectivity index (χ0) is 12.8. The van der Waals surface area contributed by atoms with Gasteiger partial charge in [-0.25, -0.2) is 0 Å². The molecule has 5 heteroatoms. The highest BCUT2D eigenvalue weighted by atomic mass is 16.1. The molecule has 0 radical (unpaired) electrons. The highest BCUT2D eigenvalue weighted by Crippen LogP contribution is 2.08. The number of aromatic nitrogens is 3. The number of amides is 1. The van der Waals surface area contributed by atoms with Crippen molar-refractivity contribution in [1.82, 2.24) is 15.0 Å². The van der Waals surface area contributed by atoms with E-state index in [9.17, 15) is 4.79 Å². The van der Waals surface area contributed by atoms with Crippen molar-refractivity contribution < 1.29 is 4.79 Å². The van der Waals surface area contributed by atoms with Crippen LogP contribution in [0.2, 0.25) is 0 Å². The molecule has 0 saturated heterocycles. The summed E-state index contributed by atoms with van der Waals surface area (Å²) >= 11 is 0. The smallest absolute Gasteiger partial charge is 0.248 e. The van der Waals surface area contributed by atoms with Crippen LogP contribution < -0.4 is 5.73 Å². The minimum atomic E-state index is -0.382. The molecular formula is C13H16N4O. The first-order chi connectivity index (χ1) is 8.75. The molecule has 0 saturated carbocycles. The van der Waals surface area contributed by atoms with Crippen LogP contribution in [0.15, 0.2) is 36.7 Å². The van der Waals surface area contributed by atoms with Gasteiger partial charge in [0.05, 0.1) is 6.20 Å². The molecule has 0 aliphatic carbocycles. The Balaban J connectivity index is 1.75. The molecule has 1 aromatic heterocycles. The average molecular weight is 244 g/mol. The predicted octanol–water partition coefficient (Wildman–Crippen LogP) is 1.40. The molecule has 1 amide bonds. The number of carbonyl (C=O) groups is 1. The fraction of sp³-hybridized carbons (Fsp3) is 0.308. The Hall–Kier alpha value is -2.17. The lowest BCUT2D eigenvalue weighted by Gasteiger charge is -2.03. The Morgan fingerprint density at radius 2 is 2.00 bits per heavy atom. The van der Waals surface area contributed by atoms with E-state index >= 15 is 0 Å². The summed E-state index contributed by atoms with van der Waals surface area (Å²) in [6, 6.07) is 7.45. The molecule has 2 aromatic rings. The van der Waals surface area contributed by atoms with Gasteiger partial charge in [0.1, 0.15) is 0 Å². The van der Waals surface area contributed by atoms with Gasteiger partial charge in [0, 0.05) is 18.3 Å². The van der Waals surface area contributed by atoms with Gasteiger partial charge in [0.25, 0.3) is 0 Å². The summed E-state index contributed by atoms with van der Waals surface area (Å²) in [5.74, 6) is -0.382. The van der Waals surface area contributed by atoms with Crippen LogP contribution in [0.4, 0.5) is 0 Å². The molecular weight excluding hydrogens is 228 g/mol. The first-order valence-electron chi connectivity index (χ1n) is 5.98. The number of hydrogen-bond acceptors (Lipinski definition) is 3. The zero-order valence-electron chi connectivity index (χ0n) is 10.1. The summed E-state index contributed by atoms with van der Waals surface area (Å²) in [6.07, 6.45) is 6.68. The van der Waals surface area contributed by atoms with Gasteiger partial charge < -0.3 is 5.73 Å². The first-order valence-corrected chi connectivity index (χ1v) is 5.98. The molecule has 0 aliphatic rings. The Bertz CT molecular complexity index is 490. The van der Waals surface area contributed by atoms with Crippen molar-refractivity contribution in [2.45, 2.75) is 25.8 Å². The normalized spacial score (nSPS) is 10.4. The van der Waals surface area contributed by atoms with Crippen LogP contribution in [-0.4, -0.2) is 20.9 Å². The van der Waals surface area contributed by atoms with E-state index in [1.807, 2.05) is 23.0 Å². The van der Waals surface area contributed by atoms with Crippen molar-refractivity contribution in [2.24, 2.45) is 5.73 Å². The molecule has 0 unspecified atom stereocenters. The predicted molar refractivity (Wildman–Crippen MR) is 67.9 cm³/mol. The first kappa shape index (κ1) is 12.3. The third-order valence-electron chi connectivity index (χ3n) is 2.81. The number of nitrogens with zero attached hydrogens (tertiary/aromatic N) is 3. The second-order valence-electron chi connectivity index (χ2n) is 4.18. The molecule has 94 valence electrons. The van der Waals surface area contributed by atoms with Crippen molar-refractivity contribution in [1.29, 1.82) is 0 Å². The maximum absolute atomic E-state index is 10.9. The van der Waals surface area contributed by atoms with Gasteiger partial charge in [0.2, 0.25) is 5.91 Å². The van der Waals surface area contributed by atoms with Crippen molar-refractivity contribution in [3.63, 3.8) is 0 Å². The second kappa shape index (κ2) is 5.95. The van der Waals surface area contributed by atoms with E-state index in [1.54, 1.807) is 18.3 Å². The van der Waals surface area contributed by atoms with Crippen LogP contribution in [0.5, 0.6) is 0 Å². The monoisotopic (exact) mass is 244 g/mol. The van der Waals surface area contributed by atoms with Crippen LogP contribution in [-0.2, 0) is 13.0 Å². The van der Waals surface area contributed by atoms with E-state index < -0.39 is 0 Å². The van der Waals surface area contributed by atoms with Crippen LogP contribution in [0.25, 0.3) is 0 Å². The summed E-state index contributed by atoms with van der Waals surface area (Å²) in [4.78, 5) is 10.9. The van der Waals surface area contributed by atoms with E-state index in [-0.39, 0.29) is 5.91 Å². The number of nitrogens with two attached hydrogens (primary N) is 1. The molecule has 2 N–H and O–H groups in total. The van der Waals surface area contributed by atoms with Gasteiger partial charge in [-0.1, -0.05) is 17.3 Å². The highest BCUT2D eigenvalue weighted by Gasteiger charge is 2.00. The van der Waals surface area contributed by atoms with Crippen LogP contribution >= 0.6 is 0 Å². The maximum atomic E-state index is 10.9. The van der Waals surface area contributed by atoms with E-state index in [1.165, 1.54) is 5.56 Å². The SMILES string of the molecule is NC(=O)c1ccc(CCCCn2ccnn2)cc1. The van der Waals surface area contributed by atoms with Crippen molar-refractivity contribution >= 4 is 5.91 Å². The highest BCUT2D eigenvalue weighted by molar-refractivity contribution is 5.92. The molecule has 5 nitrogen and oxygen atoms in total. The van der Waals surface area contributed by atoms with Crippen molar-refractivity contribution in [3.05, 3.63) is 47.8 Å². The number of primary amides is 1. The van der Waals surface area contributed by atoms with Crippen molar-refractivity contribution in [3.8, 4) is 0 Å². The molecule has 2 rings (SSSR count). The number of aryl methyl sites for hydroxylation is 2. The van der Waals surface area contributed by atoms with E-state index in [4.69, 9.17) is 5.73 Å². The molecule has 1 heterocycles. The Morgan fingerprint density at radius 3 is 2.61 bits per heavy atom. The number of rotatable bonds is 6. The lowest BCUT2D eigenvalue weighted by atomic mass is 10.1. The topological polar surface area (TPSA) is 73.8 Å². The Labute approximate surface area is 106 Å². The summed E-state index contributed by atoms with van der Waals surface area (Å²) in [5.41, 5.74) is 6.96. The van der Waals surface area contributed by atoms with E-state index in [2.05, 4.69) is 10.3 Å². The van der Waals surface area contributed by atoms with Gasteiger partial charge >= 0.3 is 0 Å². The van der Waals surface area contributed by atoms with Crippen LogP contribution in [0.3, 0.4) is 0 Å². The van der Waals surface area contributed by atoms with Crippen LogP contribution in [0, 0.1) is 0 Å². The van der Waals surface area contributed by atoms with Gasteiger partial charge in [-0.2, -0.15) is 0 Å². The molecule has 1 aromatic carbocycles. The summed E-state index contributed by atoms with van der Waals surface area (Å²) < 4.78 is 1.83. The standard InChI is InChI=1S/C13H16N4O/c14-13(18)12-6-4-11(5-7-12)3-1-2-9-17-10-8-15-16-17/h4-8,10H,1-3,9H2,(H2,14,18). The largest absolute Gasteiger partial charge is 0.366 e. The zero-order valence-corrected chi connectivity index (χ0v) is 10.1. The van der Waals surface area contributed by atoms with Gasteiger partial charge in [0.15, 0.2) is 0 Å². The Kier molecular flexibility index (Phi) is 4.06. The third kappa shape index (κ3) is 3.41. The molecule has 0 atom stereocenters. The van der Waals surface area contributed by atoms with Gasteiger partial charge in [-0.3, -0.25) is 9.48 Å². The average Bonchev–Trinajstić information content (AvgIpc) is 2.88.